The standard InChI is InChI=1S/C22H23ClN6O2S2/c1-11(31-3)9-29(2)22(30)12-4-5-13-17(6-12)32-21-19(13)20(24-10-25-21)26-15-8-18-16(7-14(15)23)27-28-33-18/h4-8,11,20,24-26H,9-10H2,1-3H3/t11-,20?/m1/s1. The number of halogens is 1. The van der Waals surface area contributed by atoms with Gasteiger partial charge >= 0.3 is 0 Å². The van der Waals surface area contributed by atoms with E-state index in [1.165, 1.54) is 11.5 Å². The van der Waals surface area contributed by atoms with Gasteiger partial charge in [0.15, 0.2) is 0 Å². The molecule has 4 aromatic rings. The van der Waals surface area contributed by atoms with Gasteiger partial charge in [0.25, 0.3) is 5.91 Å². The second kappa shape index (κ2) is 9.03. The minimum atomic E-state index is -0.141. The van der Waals surface area contributed by atoms with Crippen molar-refractivity contribution in [2.24, 2.45) is 0 Å². The molecule has 33 heavy (non-hydrogen) atoms. The highest BCUT2D eigenvalue weighted by molar-refractivity contribution is 7.23. The van der Waals surface area contributed by atoms with Crippen LogP contribution in [0.15, 0.2) is 30.3 Å². The molecule has 2 aromatic carbocycles. The van der Waals surface area contributed by atoms with Crippen LogP contribution in [0.4, 0.5) is 10.7 Å². The summed E-state index contributed by atoms with van der Waals surface area (Å²) in [4.78, 5) is 14.6. The SMILES string of the molecule is CO[C@H](C)CN(C)C(=O)c1ccc2c3c(sc2c1)NCNC3Nc1cc2snnc2cc1Cl. The van der Waals surface area contributed by atoms with Crippen molar-refractivity contribution < 1.29 is 9.53 Å². The summed E-state index contributed by atoms with van der Waals surface area (Å²) >= 11 is 9.50. The zero-order valence-corrected chi connectivity index (χ0v) is 20.7. The van der Waals surface area contributed by atoms with Gasteiger partial charge in [0.1, 0.15) is 11.7 Å². The Morgan fingerprint density at radius 1 is 1.36 bits per heavy atom. The maximum atomic E-state index is 12.9. The van der Waals surface area contributed by atoms with Gasteiger partial charge in [0, 0.05) is 41.9 Å². The number of nitrogens with one attached hydrogen (secondary N) is 3. The number of ether oxygens (including phenoxy) is 1. The van der Waals surface area contributed by atoms with Gasteiger partial charge in [-0.3, -0.25) is 10.1 Å². The molecule has 0 bridgehead atoms. The quantitative estimate of drug-likeness (QED) is 0.350. The largest absolute Gasteiger partial charge is 0.380 e. The molecule has 3 N–H and O–H groups in total. The smallest absolute Gasteiger partial charge is 0.253 e. The third kappa shape index (κ3) is 4.24. The minimum absolute atomic E-state index is 0.0221. The van der Waals surface area contributed by atoms with Crippen molar-refractivity contribution in [3.63, 3.8) is 0 Å². The first-order chi connectivity index (χ1) is 15.9. The molecule has 5 rings (SSSR count). The number of hydrogen-bond donors (Lipinski definition) is 3. The van der Waals surface area contributed by atoms with Gasteiger partial charge in [-0.2, -0.15) is 0 Å². The summed E-state index contributed by atoms with van der Waals surface area (Å²) in [6.07, 6.45) is -0.164. The molecular formula is C22H23ClN6O2S2. The second-order valence-corrected chi connectivity index (χ2v) is 10.2. The molecule has 2 atom stereocenters. The highest BCUT2D eigenvalue weighted by Crippen LogP contribution is 2.42. The Hall–Kier alpha value is -2.50. The van der Waals surface area contributed by atoms with Crippen molar-refractivity contribution >= 4 is 71.4 Å². The zero-order valence-electron chi connectivity index (χ0n) is 18.3. The third-order valence-corrected chi connectivity index (χ3v) is 7.86. The summed E-state index contributed by atoms with van der Waals surface area (Å²) in [5, 5.41) is 17.3. The Morgan fingerprint density at radius 2 is 2.21 bits per heavy atom. The monoisotopic (exact) mass is 502 g/mol. The average molecular weight is 503 g/mol. The molecule has 2 aromatic heterocycles. The van der Waals surface area contributed by atoms with Crippen LogP contribution >= 0.6 is 34.5 Å². The predicted octanol–water partition coefficient (Wildman–Crippen LogP) is 4.75. The average Bonchev–Trinajstić information content (AvgIpc) is 3.42. The van der Waals surface area contributed by atoms with Crippen molar-refractivity contribution in [1.82, 2.24) is 19.8 Å². The van der Waals surface area contributed by atoms with Crippen LogP contribution in [0.1, 0.15) is 29.0 Å². The first-order valence-corrected chi connectivity index (χ1v) is 12.4. The molecule has 0 saturated carbocycles. The highest BCUT2D eigenvalue weighted by Gasteiger charge is 2.26. The number of carbonyl (C=O) groups is 1. The fraction of sp³-hybridized carbons (Fsp3) is 0.318. The Bertz CT molecular complexity index is 1340. The van der Waals surface area contributed by atoms with E-state index in [0.717, 1.165) is 36.6 Å². The minimum Gasteiger partial charge on any atom is -0.380 e. The van der Waals surface area contributed by atoms with E-state index in [4.69, 9.17) is 16.3 Å². The molecule has 0 fully saturated rings. The second-order valence-electron chi connectivity index (χ2n) is 8.00. The van der Waals surface area contributed by atoms with Gasteiger partial charge in [-0.25, -0.2) is 0 Å². The van der Waals surface area contributed by atoms with Crippen LogP contribution in [0.25, 0.3) is 20.3 Å². The van der Waals surface area contributed by atoms with E-state index in [2.05, 4.69) is 25.5 Å². The van der Waals surface area contributed by atoms with Crippen LogP contribution in [-0.2, 0) is 4.74 Å². The number of amides is 1. The van der Waals surface area contributed by atoms with Gasteiger partial charge in [-0.05, 0) is 42.7 Å². The number of likely N-dealkylation sites (N-methyl/N-ethyl adjacent to an activating group) is 1. The lowest BCUT2D eigenvalue weighted by atomic mass is 10.1. The van der Waals surface area contributed by atoms with Gasteiger partial charge < -0.3 is 20.3 Å². The molecular weight excluding hydrogens is 480 g/mol. The number of nitrogens with zero attached hydrogens (tertiary/aromatic N) is 3. The van der Waals surface area contributed by atoms with Crippen LogP contribution in [0, 0.1) is 0 Å². The molecule has 172 valence electrons. The number of hydrogen-bond acceptors (Lipinski definition) is 9. The predicted molar refractivity (Wildman–Crippen MR) is 136 cm³/mol. The summed E-state index contributed by atoms with van der Waals surface area (Å²) in [5.74, 6) is -0.0221. The Balaban J connectivity index is 1.45. The molecule has 11 heteroatoms. The van der Waals surface area contributed by atoms with Crippen molar-refractivity contribution in [3.05, 3.63) is 46.5 Å². The molecule has 0 aliphatic carbocycles. The molecule has 1 amide bonds. The molecule has 0 saturated heterocycles. The van der Waals surface area contributed by atoms with Crippen molar-refractivity contribution in [2.75, 3.05) is 38.0 Å². The number of aromatic nitrogens is 2. The van der Waals surface area contributed by atoms with Crippen molar-refractivity contribution in [2.45, 2.75) is 19.2 Å². The lowest BCUT2D eigenvalue weighted by molar-refractivity contribution is 0.0600. The first-order valence-electron chi connectivity index (χ1n) is 10.4. The maximum Gasteiger partial charge on any atom is 0.253 e. The highest BCUT2D eigenvalue weighted by atomic mass is 35.5. The van der Waals surface area contributed by atoms with Gasteiger partial charge in [-0.15, -0.1) is 16.4 Å². The topological polar surface area (TPSA) is 91.4 Å². The summed E-state index contributed by atoms with van der Waals surface area (Å²) < 4.78 is 11.3. The Labute approximate surface area is 204 Å². The van der Waals surface area contributed by atoms with E-state index < -0.39 is 0 Å². The van der Waals surface area contributed by atoms with Crippen LogP contribution in [0.2, 0.25) is 5.02 Å². The Kier molecular flexibility index (Phi) is 6.11. The maximum absolute atomic E-state index is 12.9. The molecule has 3 heterocycles. The third-order valence-electron chi connectivity index (χ3n) is 5.74. The number of methoxy groups -OCH3 is 1. The molecule has 1 aliphatic rings. The van der Waals surface area contributed by atoms with E-state index in [1.807, 2.05) is 37.3 Å². The van der Waals surface area contributed by atoms with Gasteiger partial charge in [0.05, 0.1) is 33.2 Å². The molecule has 1 aliphatic heterocycles. The van der Waals surface area contributed by atoms with Crippen LogP contribution < -0.4 is 16.0 Å². The Morgan fingerprint density at radius 3 is 3.03 bits per heavy atom. The van der Waals surface area contributed by atoms with Gasteiger partial charge in [0.2, 0.25) is 0 Å². The van der Waals surface area contributed by atoms with E-state index in [9.17, 15) is 4.79 Å². The molecule has 0 radical (unpaired) electrons. The number of thiophene rings is 1. The first kappa shape index (κ1) is 22.3. The normalized spacial score (nSPS) is 16.4. The van der Waals surface area contributed by atoms with Gasteiger partial charge in [-0.1, -0.05) is 22.2 Å². The molecule has 1 unspecified atom stereocenters. The lowest BCUT2D eigenvalue weighted by Gasteiger charge is -2.28. The lowest BCUT2D eigenvalue weighted by Crippen LogP contribution is -2.36. The van der Waals surface area contributed by atoms with E-state index in [-0.39, 0.29) is 18.2 Å². The number of carbonyl (C=O) groups excluding carboxylic acids is 1. The van der Waals surface area contributed by atoms with Crippen LogP contribution in [0.3, 0.4) is 0 Å². The fourth-order valence-electron chi connectivity index (χ4n) is 3.96. The van der Waals surface area contributed by atoms with Crippen molar-refractivity contribution in [3.8, 4) is 0 Å². The number of benzene rings is 2. The summed E-state index contributed by atoms with van der Waals surface area (Å²) in [6, 6.07) is 9.69. The summed E-state index contributed by atoms with van der Waals surface area (Å²) in [7, 11) is 3.45. The zero-order chi connectivity index (χ0) is 23.1. The van der Waals surface area contributed by atoms with Crippen LogP contribution in [0.5, 0.6) is 0 Å². The van der Waals surface area contributed by atoms with E-state index in [1.54, 1.807) is 30.4 Å². The summed E-state index contributed by atoms with van der Waals surface area (Å²) in [5.41, 5.74) is 3.38. The summed E-state index contributed by atoms with van der Waals surface area (Å²) in [6.45, 7) is 3.09. The number of rotatable bonds is 6. The van der Waals surface area contributed by atoms with Crippen molar-refractivity contribution in [1.29, 1.82) is 0 Å². The number of fused-ring (bicyclic) bond motifs is 4. The fourth-order valence-corrected chi connectivity index (χ4v) is 5.93. The van der Waals surface area contributed by atoms with E-state index in [0.29, 0.717) is 23.8 Å². The van der Waals surface area contributed by atoms with Crippen LogP contribution in [-0.4, -0.2) is 53.9 Å². The molecule has 8 nitrogen and oxygen atoms in total. The molecule has 0 spiro atoms. The number of anilines is 2. The van der Waals surface area contributed by atoms with E-state index >= 15 is 0 Å².